The third-order valence-corrected chi connectivity index (χ3v) is 5.11. The first-order valence-electron chi connectivity index (χ1n) is 7.20. The van der Waals surface area contributed by atoms with Gasteiger partial charge in [0.2, 0.25) is 5.91 Å². The maximum Gasteiger partial charge on any atom is 0.238 e. The summed E-state index contributed by atoms with van der Waals surface area (Å²) in [6, 6.07) is 0.200. The van der Waals surface area contributed by atoms with Gasteiger partial charge in [-0.25, -0.2) is 8.42 Å². The maximum atomic E-state index is 12.2. The summed E-state index contributed by atoms with van der Waals surface area (Å²) in [7, 11) is -3.24. The van der Waals surface area contributed by atoms with Crippen LogP contribution < -0.4 is 5.32 Å². The van der Waals surface area contributed by atoms with Crippen molar-refractivity contribution in [2.75, 3.05) is 31.1 Å². The van der Waals surface area contributed by atoms with E-state index in [-0.39, 0.29) is 23.5 Å². The normalized spacial score (nSPS) is 17.4. The van der Waals surface area contributed by atoms with Crippen LogP contribution in [0, 0.1) is 0 Å². The molecule has 0 aromatic rings. The summed E-state index contributed by atoms with van der Waals surface area (Å²) in [6.45, 7) is 6.30. The van der Waals surface area contributed by atoms with Crippen LogP contribution in [0.15, 0.2) is 0 Å². The van der Waals surface area contributed by atoms with Gasteiger partial charge in [0.1, 0.15) is 5.75 Å². The monoisotopic (exact) mass is 290 g/mol. The first-order chi connectivity index (χ1) is 9.00. The SMILES string of the molecule is CCCN(C(=O)CS(=O)(=O)CCC)C1CCNCC1. The number of sulfone groups is 1. The highest BCUT2D eigenvalue weighted by Gasteiger charge is 2.27. The molecule has 1 aliphatic heterocycles. The summed E-state index contributed by atoms with van der Waals surface area (Å²) in [5.41, 5.74) is 0. The zero-order valence-electron chi connectivity index (χ0n) is 12.0. The zero-order chi connectivity index (χ0) is 14.3. The van der Waals surface area contributed by atoms with Crippen LogP contribution in [0.25, 0.3) is 0 Å². The van der Waals surface area contributed by atoms with Gasteiger partial charge in [-0.05, 0) is 38.8 Å². The second kappa shape index (κ2) is 7.85. The number of amides is 1. The van der Waals surface area contributed by atoms with Crippen LogP contribution in [0.1, 0.15) is 39.5 Å². The molecule has 0 aromatic carbocycles. The molecule has 6 heteroatoms. The molecule has 0 atom stereocenters. The Bertz CT molecular complexity index is 375. The van der Waals surface area contributed by atoms with Crippen molar-refractivity contribution in [1.29, 1.82) is 0 Å². The minimum Gasteiger partial charge on any atom is -0.339 e. The van der Waals surface area contributed by atoms with E-state index in [0.717, 1.165) is 32.4 Å². The highest BCUT2D eigenvalue weighted by Crippen LogP contribution is 2.13. The third-order valence-electron chi connectivity index (χ3n) is 3.39. The van der Waals surface area contributed by atoms with Crippen LogP contribution in [0.4, 0.5) is 0 Å². The van der Waals surface area contributed by atoms with Crippen LogP contribution >= 0.6 is 0 Å². The van der Waals surface area contributed by atoms with Crippen LogP contribution in [-0.2, 0) is 14.6 Å². The standard InChI is InChI=1S/C13H26N2O3S/c1-3-9-15(12-5-7-14-8-6-12)13(16)11-19(17,18)10-4-2/h12,14H,3-11H2,1-2H3. The molecule has 1 fully saturated rings. The number of piperidine rings is 1. The van der Waals surface area contributed by atoms with Gasteiger partial charge in [-0.3, -0.25) is 4.79 Å². The van der Waals surface area contributed by atoms with E-state index in [1.807, 2.05) is 13.8 Å². The number of hydrogen-bond donors (Lipinski definition) is 1. The van der Waals surface area contributed by atoms with E-state index >= 15 is 0 Å². The van der Waals surface area contributed by atoms with E-state index < -0.39 is 9.84 Å². The van der Waals surface area contributed by atoms with Crippen molar-refractivity contribution >= 4 is 15.7 Å². The summed E-state index contributed by atoms with van der Waals surface area (Å²) in [6.07, 6.45) is 3.26. The minimum atomic E-state index is -3.24. The number of rotatable bonds is 7. The summed E-state index contributed by atoms with van der Waals surface area (Å²) >= 11 is 0. The first kappa shape index (κ1) is 16.4. The molecule has 1 heterocycles. The average molecular weight is 290 g/mol. The Hall–Kier alpha value is -0.620. The lowest BCUT2D eigenvalue weighted by atomic mass is 10.0. The second-order valence-corrected chi connectivity index (χ2v) is 7.34. The molecule has 0 saturated carbocycles. The molecule has 1 amide bonds. The molecule has 0 bridgehead atoms. The predicted molar refractivity (Wildman–Crippen MR) is 76.8 cm³/mol. The smallest absolute Gasteiger partial charge is 0.238 e. The number of nitrogens with one attached hydrogen (secondary N) is 1. The van der Waals surface area contributed by atoms with Gasteiger partial charge in [-0.2, -0.15) is 0 Å². The summed E-state index contributed by atoms with van der Waals surface area (Å²) < 4.78 is 23.5. The molecule has 1 aliphatic rings. The fraction of sp³-hybridized carbons (Fsp3) is 0.923. The molecule has 1 rings (SSSR count). The van der Waals surface area contributed by atoms with Crippen LogP contribution in [0.3, 0.4) is 0 Å². The van der Waals surface area contributed by atoms with Crippen molar-refractivity contribution in [3.05, 3.63) is 0 Å². The molecule has 112 valence electrons. The lowest BCUT2D eigenvalue weighted by molar-refractivity contribution is -0.131. The Labute approximate surface area is 116 Å². The Morgan fingerprint density at radius 2 is 1.84 bits per heavy atom. The van der Waals surface area contributed by atoms with Crippen molar-refractivity contribution in [3.63, 3.8) is 0 Å². The van der Waals surface area contributed by atoms with Gasteiger partial charge in [0, 0.05) is 12.6 Å². The largest absolute Gasteiger partial charge is 0.339 e. The molecule has 0 aromatic heterocycles. The minimum absolute atomic E-state index is 0.102. The quantitative estimate of drug-likeness (QED) is 0.753. The topological polar surface area (TPSA) is 66.5 Å². The third kappa shape index (κ3) is 5.48. The number of carbonyl (C=O) groups is 1. The van der Waals surface area contributed by atoms with Crippen LogP contribution in [-0.4, -0.2) is 56.4 Å². The Balaban J connectivity index is 2.66. The van der Waals surface area contributed by atoms with Crippen molar-refractivity contribution in [2.24, 2.45) is 0 Å². The van der Waals surface area contributed by atoms with E-state index in [1.54, 1.807) is 4.90 Å². The molecule has 1 saturated heterocycles. The molecule has 0 radical (unpaired) electrons. The summed E-state index contributed by atoms with van der Waals surface area (Å²) in [5.74, 6) is -0.447. The Kier molecular flexibility index (Phi) is 6.79. The molecule has 19 heavy (non-hydrogen) atoms. The second-order valence-electron chi connectivity index (χ2n) is 5.16. The van der Waals surface area contributed by atoms with Gasteiger partial charge >= 0.3 is 0 Å². The van der Waals surface area contributed by atoms with Crippen molar-refractivity contribution in [1.82, 2.24) is 10.2 Å². The highest BCUT2D eigenvalue weighted by atomic mass is 32.2. The fourth-order valence-corrected chi connectivity index (χ4v) is 3.83. The molecule has 0 aliphatic carbocycles. The first-order valence-corrected chi connectivity index (χ1v) is 9.03. The lowest BCUT2D eigenvalue weighted by Gasteiger charge is -2.34. The van der Waals surface area contributed by atoms with E-state index in [1.165, 1.54) is 0 Å². The number of nitrogens with zero attached hydrogens (tertiary/aromatic N) is 1. The fourth-order valence-electron chi connectivity index (χ4n) is 2.52. The number of hydrogen-bond acceptors (Lipinski definition) is 4. The van der Waals surface area contributed by atoms with Gasteiger partial charge in [-0.1, -0.05) is 13.8 Å². The Morgan fingerprint density at radius 1 is 1.21 bits per heavy atom. The predicted octanol–water partition coefficient (Wildman–Crippen LogP) is 0.802. The van der Waals surface area contributed by atoms with Crippen molar-refractivity contribution in [2.45, 2.75) is 45.6 Å². The number of carbonyl (C=O) groups excluding carboxylic acids is 1. The molecular weight excluding hydrogens is 264 g/mol. The van der Waals surface area contributed by atoms with Gasteiger partial charge in [0.25, 0.3) is 0 Å². The lowest BCUT2D eigenvalue weighted by Crippen LogP contribution is -2.48. The van der Waals surface area contributed by atoms with E-state index in [4.69, 9.17) is 0 Å². The van der Waals surface area contributed by atoms with Crippen LogP contribution in [0.5, 0.6) is 0 Å². The van der Waals surface area contributed by atoms with Gasteiger partial charge < -0.3 is 10.2 Å². The molecule has 5 nitrogen and oxygen atoms in total. The molecule has 0 spiro atoms. The van der Waals surface area contributed by atoms with Gasteiger partial charge in [0.05, 0.1) is 5.75 Å². The van der Waals surface area contributed by atoms with Gasteiger partial charge in [0.15, 0.2) is 9.84 Å². The highest BCUT2D eigenvalue weighted by molar-refractivity contribution is 7.92. The van der Waals surface area contributed by atoms with E-state index in [0.29, 0.717) is 13.0 Å². The van der Waals surface area contributed by atoms with Crippen molar-refractivity contribution < 1.29 is 13.2 Å². The zero-order valence-corrected chi connectivity index (χ0v) is 12.8. The van der Waals surface area contributed by atoms with E-state index in [2.05, 4.69) is 5.32 Å². The van der Waals surface area contributed by atoms with Crippen LogP contribution in [0.2, 0.25) is 0 Å². The average Bonchev–Trinajstić information content (AvgIpc) is 2.36. The molecular formula is C13H26N2O3S. The Morgan fingerprint density at radius 3 is 2.37 bits per heavy atom. The maximum absolute atomic E-state index is 12.2. The molecule has 0 unspecified atom stereocenters. The van der Waals surface area contributed by atoms with Gasteiger partial charge in [-0.15, -0.1) is 0 Å². The summed E-state index contributed by atoms with van der Waals surface area (Å²) in [4.78, 5) is 14.0. The van der Waals surface area contributed by atoms with E-state index in [9.17, 15) is 13.2 Å². The van der Waals surface area contributed by atoms with Crippen molar-refractivity contribution in [3.8, 4) is 0 Å². The molecule has 1 N–H and O–H groups in total. The summed E-state index contributed by atoms with van der Waals surface area (Å²) in [5, 5.41) is 3.26.